The topological polar surface area (TPSA) is 51.2 Å². The molecule has 1 amide bonds. The Bertz CT molecular complexity index is 860. The van der Waals surface area contributed by atoms with Crippen LogP contribution in [0, 0.1) is 5.82 Å². The normalized spacial score (nSPS) is 10.5. The van der Waals surface area contributed by atoms with Crippen LogP contribution >= 0.6 is 11.3 Å². The summed E-state index contributed by atoms with van der Waals surface area (Å²) in [7, 11) is 0. The van der Waals surface area contributed by atoms with E-state index in [4.69, 9.17) is 4.74 Å². The molecule has 0 radical (unpaired) electrons. The lowest BCUT2D eigenvalue weighted by Gasteiger charge is -2.08. The third-order valence-corrected chi connectivity index (χ3v) is 4.75. The van der Waals surface area contributed by atoms with E-state index in [0.29, 0.717) is 24.5 Å². The molecule has 0 saturated carbocycles. The standard InChI is InChI=1S/C20H19FN2O2S/c1-2-20-23-16(13-26-20)11-19(24)22-12-14-3-7-17(8-4-14)25-18-9-5-15(21)6-10-18/h3-10,13H,2,11-12H2,1H3,(H,22,24). The van der Waals surface area contributed by atoms with Crippen molar-refractivity contribution in [1.82, 2.24) is 10.3 Å². The number of thiazole rings is 1. The zero-order valence-corrected chi connectivity index (χ0v) is 15.2. The summed E-state index contributed by atoms with van der Waals surface area (Å²) in [5.41, 5.74) is 1.78. The van der Waals surface area contributed by atoms with E-state index in [1.54, 1.807) is 23.5 Å². The second-order valence-electron chi connectivity index (χ2n) is 5.74. The van der Waals surface area contributed by atoms with Crippen molar-refractivity contribution in [2.24, 2.45) is 0 Å². The zero-order valence-electron chi connectivity index (χ0n) is 14.4. The van der Waals surface area contributed by atoms with Crippen molar-refractivity contribution in [3.8, 4) is 11.5 Å². The van der Waals surface area contributed by atoms with Crippen molar-refractivity contribution in [3.63, 3.8) is 0 Å². The summed E-state index contributed by atoms with van der Waals surface area (Å²) in [6.45, 7) is 2.49. The quantitative estimate of drug-likeness (QED) is 0.666. The number of rotatable bonds is 7. The fraction of sp³-hybridized carbons (Fsp3) is 0.200. The van der Waals surface area contributed by atoms with Gasteiger partial charge in [-0.15, -0.1) is 11.3 Å². The highest BCUT2D eigenvalue weighted by Crippen LogP contribution is 2.21. The molecular weight excluding hydrogens is 351 g/mol. The fourth-order valence-corrected chi connectivity index (χ4v) is 3.08. The monoisotopic (exact) mass is 370 g/mol. The Labute approximate surface area is 155 Å². The molecule has 0 aliphatic rings. The Kier molecular flexibility index (Phi) is 5.96. The lowest BCUT2D eigenvalue weighted by Crippen LogP contribution is -2.24. The van der Waals surface area contributed by atoms with Crippen molar-refractivity contribution >= 4 is 17.2 Å². The molecule has 0 unspecified atom stereocenters. The molecule has 1 aromatic heterocycles. The second-order valence-corrected chi connectivity index (χ2v) is 6.68. The summed E-state index contributed by atoms with van der Waals surface area (Å²) in [6, 6.07) is 13.3. The van der Waals surface area contributed by atoms with Crippen LogP contribution in [-0.2, 0) is 24.2 Å². The van der Waals surface area contributed by atoms with E-state index in [2.05, 4.69) is 10.3 Å². The molecule has 0 aliphatic heterocycles. The average Bonchev–Trinajstić information content (AvgIpc) is 3.10. The van der Waals surface area contributed by atoms with Crippen molar-refractivity contribution < 1.29 is 13.9 Å². The van der Waals surface area contributed by atoms with Gasteiger partial charge in [0.15, 0.2) is 0 Å². The van der Waals surface area contributed by atoms with Gasteiger partial charge in [0.1, 0.15) is 17.3 Å². The number of amides is 1. The van der Waals surface area contributed by atoms with E-state index in [1.807, 2.05) is 36.6 Å². The first kappa shape index (κ1) is 18.1. The molecule has 1 heterocycles. The minimum Gasteiger partial charge on any atom is -0.457 e. The molecule has 134 valence electrons. The van der Waals surface area contributed by atoms with Gasteiger partial charge >= 0.3 is 0 Å². The Balaban J connectivity index is 1.49. The maximum absolute atomic E-state index is 12.9. The van der Waals surface area contributed by atoms with Crippen LogP contribution in [0.3, 0.4) is 0 Å². The number of carbonyl (C=O) groups is 1. The van der Waals surface area contributed by atoms with Crippen LogP contribution in [-0.4, -0.2) is 10.9 Å². The van der Waals surface area contributed by atoms with E-state index >= 15 is 0 Å². The van der Waals surface area contributed by atoms with Crippen LogP contribution in [0.15, 0.2) is 53.9 Å². The zero-order chi connectivity index (χ0) is 18.4. The summed E-state index contributed by atoms with van der Waals surface area (Å²) in [4.78, 5) is 16.4. The Hall–Kier alpha value is -2.73. The number of nitrogens with zero attached hydrogens (tertiary/aromatic N) is 1. The third kappa shape index (κ3) is 5.13. The summed E-state index contributed by atoms with van der Waals surface area (Å²) in [5, 5.41) is 5.87. The third-order valence-electron chi connectivity index (χ3n) is 3.71. The molecule has 2 aromatic carbocycles. The highest BCUT2D eigenvalue weighted by Gasteiger charge is 2.07. The van der Waals surface area contributed by atoms with E-state index in [9.17, 15) is 9.18 Å². The van der Waals surface area contributed by atoms with Gasteiger partial charge in [0.25, 0.3) is 0 Å². The van der Waals surface area contributed by atoms with E-state index in [0.717, 1.165) is 22.7 Å². The van der Waals surface area contributed by atoms with Crippen LogP contribution in [0.4, 0.5) is 4.39 Å². The molecule has 3 aromatic rings. The molecule has 4 nitrogen and oxygen atoms in total. The van der Waals surface area contributed by atoms with Gasteiger partial charge in [-0.05, 0) is 48.4 Å². The molecule has 3 rings (SSSR count). The van der Waals surface area contributed by atoms with Crippen LogP contribution < -0.4 is 10.1 Å². The summed E-state index contributed by atoms with van der Waals surface area (Å²) >= 11 is 1.58. The predicted molar refractivity (Wildman–Crippen MR) is 100.0 cm³/mol. The number of hydrogen-bond acceptors (Lipinski definition) is 4. The molecule has 1 N–H and O–H groups in total. The molecule has 0 saturated heterocycles. The minimum absolute atomic E-state index is 0.0513. The molecule has 6 heteroatoms. The van der Waals surface area contributed by atoms with Gasteiger partial charge in [-0.25, -0.2) is 9.37 Å². The number of halogens is 1. The number of aromatic nitrogens is 1. The van der Waals surface area contributed by atoms with Gasteiger partial charge in [0, 0.05) is 11.9 Å². The summed E-state index contributed by atoms with van der Waals surface area (Å²) in [5.74, 6) is 0.875. The van der Waals surface area contributed by atoms with Gasteiger partial charge in [-0.1, -0.05) is 19.1 Å². The smallest absolute Gasteiger partial charge is 0.226 e. The fourth-order valence-electron chi connectivity index (χ4n) is 2.33. The first-order valence-electron chi connectivity index (χ1n) is 8.34. The van der Waals surface area contributed by atoms with Crippen LogP contribution in [0.25, 0.3) is 0 Å². The van der Waals surface area contributed by atoms with E-state index < -0.39 is 0 Å². The van der Waals surface area contributed by atoms with E-state index in [-0.39, 0.29) is 11.7 Å². The molecular formula is C20H19FN2O2S. The molecule has 26 heavy (non-hydrogen) atoms. The lowest BCUT2D eigenvalue weighted by molar-refractivity contribution is -0.120. The van der Waals surface area contributed by atoms with Gasteiger partial charge < -0.3 is 10.1 Å². The number of benzene rings is 2. The van der Waals surface area contributed by atoms with Crippen molar-refractivity contribution in [2.45, 2.75) is 26.3 Å². The Morgan fingerprint density at radius 1 is 1.12 bits per heavy atom. The van der Waals surface area contributed by atoms with Crippen LogP contribution in [0.5, 0.6) is 11.5 Å². The summed E-state index contributed by atoms with van der Waals surface area (Å²) < 4.78 is 18.5. The van der Waals surface area contributed by atoms with Crippen LogP contribution in [0.2, 0.25) is 0 Å². The van der Waals surface area contributed by atoms with Crippen molar-refractivity contribution in [2.75, 3.05) is 0 Å². The lowest BCUT2D eigenvalue weighted by atomic mass is 10.2. The molecule has 0 aliphatic carbocycles. The predicted octanol–water partition coefficient (Wildman–Crippen LogP) is 4.50. The summed E-state index contributed by atoms with van der Waals surface area (Å²) in [6.07, 6.45) is 1.18. The highest BCUT2D eigenvalue weighted by atomic mass is 32.1. The Morgan fingerprint density at radius 3 is 2.38 bits per heavy atom. The van der Waals surface area contributed by atoms with Gasteiger partial charge in [0.05, 0.1) is 17.1 Å². The second kappa shape index (κ2) is 8.58. The molecule has 0 atom stereocenters. The maximum atomic E-state index is 12.9. The molecule has 0 bridgehead atoms. The number of nitrogens with one attached hydrogen (secondary N) is 1. The van der Waals surface area contributed by atoms with Gasteiger partial charge in [-0.2, -0.15) is 0 Å². The maximum Gasteiger partial charge on any atom is 0.226 e. The average molecular weight is 370 g/mol. The van der Waals surface area contributed by atoms with Crippen molar-refractivity contribution in [1.29, 1.82) is 0 Å². The Morgan fingerprint density at radius 2 is 1.77 bits per heavy atom. The molecule has 0 fully saturated rings. The number of hydrogen-bond donors (Lipinski definition) is 1. The molecule has 0 spiro atoms. The van der Waals surface area contributed by atoms with Gasteiger partial charge in [-0.3, -0.25) is 4.79 Å². The number of aryl methyl sites for hydroxylation is 1. The largest absolute Gasteiger partial charge is 0.457 e. The minimum atomic E-state index is -0.299. The SMILES string of the molecule is CCc1nc(CC(=O)NCc2ccc(Oc3ccc(F)cc3)cc2)cs1. The number of ether oxygens (including phenoxy) is 1. The van der Waals surface area contributed by atoms with Gasteiger partial charge in [0.2, 0.25) is 5.91 Å². The first-order valence-corrected chi connectivity index (χ1v) is 9.22. The van der Waals surface area contributed by atoms with E-state index in [1.165, 1.54) is 12.1 Å². The first-order chi connectivity index (χ1) is 12.6. The van der Waals surface area contributed by atoms with Crippen molar-refractivity contribution in [3.05, 3.63) is 76.0 Å². The highest BCUT2D eigenvalue weighted by molar-refractivity contribution is 7.09. The number of carbonyl (C=O) groups excluding carboxylic acids is 1. The van der Waals surface area contributed by atoms with Crippen LogP contribution in [0.1, 0.15) is 23.2 Å².